The zero-order valence-corrected chi connectivity index (χ0v) is 10.6. The monoisotopic (exact) mass is 267 g/mol. The molecule has 1 aliphatic rings. The topological polar surface area (TPSA) is 82.5 Å². The minimum absolute atomic E-state index is 0.105. The second-order valence-electron chi connectivity index (χ2n) is 4.80. The van der Waals surface area contributed by atoms with Crippen molar-refractivity contribution >= 4 is 17.7 Å². The molecule has 6 nitrogen and oxygen atoms in total. The number of nitrogens with one attached hydrogen (secondary N) is 1. The van der Waals surface area contributed by atoms with Gasteiger partial charge >= 0.3 is 5.97 Å². The standard InChI is InChI=1S/C12H14FN3O3/c1-12(2)11(19)14-3-4-16(12)9-8(10(17)18)5-7(13)6-15-9/h5-6H,3-4H2,1-2H3,(H,14,19)(H,17,18). The van der Waals surface area contributed by atoms with E-state index in [1.807, 2.05) is 0 Å². The zero-order chi connectivity index (χ0) is 14.2. The summed E-state index contributed by atoms with van der Waals surface area (Å²) in [5, 5.41) is 11.8. The molecule has 0 atom stereocenters. The van der Waals surface area contributed by atoms with Crippen LogP contribution in [0.2, 0.25) is 0 Å². The molecule has 0 saturated carbocycles. The molecular formula is C12H14FN3O3. The lowest BCUT2D eigenvalue weighted by atomic mass is 9.98. The van der Waals surface area contributed by atoms with E-state index in [4.69, 9.17) is 5.11 Å². The van der Waals surface area contributed by atoms with E-state index in [1.165, 1.54) is 0 Å². The predicted octanol–water partition coefficient (Wildman–Crippen LogP) is 0.634. The fourth-order valence-corrected chi connectivity index (χ4v) is 2.07. The average Bonchev–Trinajstić information content (AvgIpc) is 2.33. The molecule has 7 heteroatoms. The first-order valence-electron chi connectivity index (χ1n) is 5.79. The van der Waals surface area contributed by atoms with Gasteiger partial charge in [0.25, 0.3) is 0 Å². The molecule has 1 fully saturated rings. The normalized spacial score (nSPS) is 18.1. The van der Waals surface area contributed by atoms with Crippen molar-refractivity contribution in [2.75, 3.05) is 18.0 Å². The van der Waals surface area contributed by atoms with Gasteiger partial charge in [-0.15, -0.1) is 0 Å². The van der Waals surface area contributed by atoms with Crippen LogP contribution in [0.15, 0.2) is 12.3 Å². The van der Waals surface area contributed by atoms with E-state index < -0.39 is 17.3 Å². The van der Waals surface area contributed by atoms with Crippen LogP contribution in [0, 0.1) is 5.82 Å². The number of carbonyl (C=O) groups is 2. The Hall–Kier alpha value is -2.18. The number of aromatic carboxylic acids is 1. The highest BCUT2D eigenvalue weighted by molar-refractivity contribution is 5.96. The molecule has 1 amide bonds. The van der Waals surface area contributed by atoms with Gasteiger partial charge in [0.1, 0.15) is 22.7 Å². The van der Waals surface area contributed by atoms with Gasteiger partial charge in [0, 0.05) is 13.1 Å². The van der Waals surface area contributed by atoms with Gasteiger partial charge in [0.15, 0.2) is 0 Å². The van der Waals surface area contributed by atoms with Crippen molar-refractivity contribution in [3.63, 3.8) is 0 Å². The Morgan fingerprint density at radius 3 is 2.89 bits per heavy atom. The summed E-state index contributed by atoms with van der Waals surface area (Å²) in [5.74, 6) is -2.11. The van der Waals surface area contributed by atoms with Crippen LogP contribution in [0.25, 0.3) is 0 Å². The van der Waals surface area contributed by atoms with Gasteiger partial charge in [-0.25, -0.2) is 14.2 Å². The highest BCUT2D eigenvalue weighted by Crippen LogP contribution is 2.27. The molecule has 2 heterocycles. The fourth-order valence-electron chi connectivity index (χ4n) is 2.07. The number of aromatic nitrogens is 1. The van der Waals surface area contributed by atoms with E-state index in [0.29, 0.717) is 13.1 Å². The molecule has 102 valence electrons. The van der Waals surface area contributed by atoms with Crippen molar-refractivity contribution < 1.29 is 19.1 Å². The quantitative estimate of drug-likeness (QED) is 0.821. The van der Waals surface area contributed by atoms with Crippen LogP contribution in [0.3, 0.4) is 0 Å². The molecule has 0 bridgehead atoms. The first kappa shape index (κ1) is 13.3. The number of rotatable bonds is 2. The molecule has 1 aromatic rings. The maximum atomic E-state index is 13.1. The maximum absolute atomic E-state index is 13.1. The third kappa shape index (κ3) is 2.23. The molecule has 2 N–H and O–H groups in total. The predicted molar refractivity (Wildman–Crippen MR) is 65.6 cm³/mol. The first-order valence-corrected chi connectivity index (χ1v) is 5.79. The minimum atomic E-state index is -1.27. The number of pyridine rings is 1. The molecule has 19 heavy (non-hydrogen) atoms. The van der Waals surface area contributed by atoms with E-state index in [2.05, 4.69) is 10.3 Å². The van der Waals surface area contributed by atoms with Gasteiger partial charge in [-0.3, -0.25) is 4.79 Å². The summed E-state index contributed by atoms with van der Waals surface area (Å²) in [5.41, 5.74) is -1.18. The summed E-state index contributed by atoms with van der Waals surface area (Å²) in [4.78, 5) is 28.4. The van der Waals surface area contributed by atoms with Crippen molar-refractivity contribution in [2.45, 2.75) is 19.4 Å². The van der Waals surface area contributed by atoms with Crippen LogP contribution >= 0.6 is 0 Å². The number of nitrogens with zero attached hydrogens (tertiary/aromatic N) is 2. The Labute approximate surface area is 109 Å². The van der Waals surface area contributed by atoms with Crippen molar-refractivity contribution in [2.24, 2.45) is 0 Å². The van der Waals surface area contributed by atoms with E-state index in [1.54, 1.807) is 18.7 Å². The van der Waals surface area contributed by atoms with Crippen LogP contribution in [0.1, 0.15) is 24.2 Å². The maximum Gasteiger partial charge on any atom is 0.339 e. The molecule has 0 spiro atoms. The summed E-state index contributed by atoms with van der Waals surface area (Å²) in [6, 6.07) is 0.910. The Kier molecular flexibility index (Phi) is 3.13. The van der Waals surface area contributed by atoms with Gasteiger partial charge < -0.3 is 15.3 Å². The Bertz CT molecular complexity index is 545. The van der Waals surface area contributed by atoms with Crippen molar-refractivity contribution in [1.29, 1.82) is 0 Å². The number of amides is 1. The second-order valence-corrected chi connectivity index (χ2v) is 4.80. The van der Waals surface area contributed by atoms with Gasteiger partial charge in [-0.2, -0.15) is 0 Å². The molecule has 0 aliphatic carbocycles. The molecule has 1 saturated heterocycles. The lowest BCUT2D eigenvalue weighted by molar-refractivity contribution is -0.126. The number of carbonyl (C=O) groups excluding carboxylic acids is 1. The van der Waals surface area contributed by atoms with Crippen LogP contribution in [-0.4, -0.2) is 40.6 Å². The van der Waals surface area contributed by atoms with Crippen LogP contribution < -0.4 is 10.2 Å². The number of hydrogen-bond donors (Lipinski definition) is 2. The smallest absolute Gasteiger partial charge is 0.339 e. The second kappa shape index (κ2) is 4.49. The van der Waals surface area contributed by atoms with E-state index in [0.717, 1.165) is 12.3 Å². The van der Waals surface area contributed by atoms with E-state index in [-0.39, 0.29) is 17.3 Å². The molecule has 2 rings (SSSR count). The average molecular weight is 267 g/mol. The molecular weight excluding hydrogens is 253 g/mol. The zero-order valence-electron chi connectivity index (χ0n) is 10.6. The Morgan fingerprint density at radius 1 is 1.58 bits per heavy atom. The van der Waals surface area contributed by atoms with Gasteiger partial charge in [-0.1, -0.05) is 0 Å². The molecule has 0 unspecified atom stereocenters. The van der Waals surface area contributed by atoms with Crippen molar-refractivity contribution in [3.05, 3.63) is 23.6 Å². The summed E-state index contributed by atoms with van der Waals surface area (Å²) >= 11 is 0. The third-order valence-corrected chi connectivity index (χ3v) is 3.17. The summed E-state index contributed by atoms with van der Waals surface area (Å²) in [6.07, 6.45) is 0.949. The third-order valence-electron chi connectivity index (χ3n) is 3.17. The minimum Gasteiger partial charge on any atom is -0.478 e. The van der Waals surface area contributed by atoms with E-state index in [9.17, 15) is 14.0 Å². The summed E-state index contributed by atoms with van der Waals surface area (Å²) in [7, 11) is 0. The Morgan fingerprint density at radius 2 is 2.26 bits per heavy atom. The fraction of sp³-hybridized carbons (Fsp3) is 0.417. The lowest BCUT2D eigenvalue weighted by Crippen LogP contribution is -2.62. The SMILES string of the molecule is CC1(C)C(=O)NCCN1c1ncc(F)cc1C(=O)O. The molecule has 1 aliphatic heterocycles. The highest BCUT2D eigenvalue weighted by Gasteiger charge is 2.39. The summed E-state index contributed by atoms with van der Waals surface area (Å²) in [6.45, 7) is 4.13. The van der Waals surface area contributed by atoms with Crippen LogP contribution in [0.5, 0.6) is 0 Å². The number of anilines is 1. The molecule has 0 radical (unpaired) electrons. The van der Waals surface area contributed by atoms with Gasteiger partial charge in [-0.05, 0) is 19.9 Å². The molecule has 1 aromatic heterocycles. The summed E-state index contributed by atoms with van der Waals surface area (Å²) < 4.78 is 13.1. The van der Waals surface area contributed by atoms with Gasteiger partial charge in [0.2, 0.25) is 5.91 Å². The number of halogens is 1. The molecule has 0 aromatic carbocycles. The van der Waals surface area contributed by atoms with Crippen LogP contribution in [-0.2, 0) is 4.79 Å². The van der Waals surface area contributed by atoms with Gasteiger partial charge in [0.05, 0.1) is 6.20 Å². The van der Waals surface area contributed by atoms with E-state index >= 15 is 0 Å². The Balaban J connectivity index is 2.52. The first-order chi connectivity index (χ1) is 8.84. The highest BCUT2D eigenvalue weighted by atomic mass is 19.1. The van der Waals surface area contributed by atoms with Crippen molar-refractivity contribution in [1.82, 2.24) is 10.3 Å². The number of carboxylic acids is 1. The van der Waals surface area contributed by atoms with Crippen molar-refractivity contribution in [3.8, 4) is 0 Å². The van der Waals surface area contributed by atoms with Crippen LogP contribution in [0.4, 0.5) is 10.2 Å². The largest absolute Gasteiger partial charge is 0.478 e. The number of piperazine rings is 1. The number of carboxylic acid groups (broad SMARTS) is 1. The lowest BCUT2D eigenvalue weighted by Gasteiger charge is -2.42. The number of hydrogen-bond acceptors (Lipinski definition) is 4.